The Labute approximate surface area is 126 Å². The maximum atomic E-state index is 12.5. The van der Waals surface area contributed by atoms with Gasteiger partial charge < -0.3 is 4.79 Å². The second-order valence-electron chi connectivity index (χ2n) is 6.24. The zero-order valence-corrected chi connectivity index (χ0v) is 13.1. The van der Waals surface area contributed by atoms with Crippen LogP contribution in [0.1, 0.15) is 84.0 Å². The number of hydrogen-bond acceptors (Lipinski definition) is 4. The van der Waals surface area contributed by atoms with Crippen LogP contribution in [-0.2, 0) is 9.59 Å². The van der Waals surface area contributed by atoms with Crippen LogP contribution in [0.5, 0.6) is 0 Å². The fraction of sp³-hybridized carbons (Fsp3) is 0.875. The molecule has 1 unspecified atom stereocenters. The predicted octanol–water partition coefficient (Wildman–Crippen LogP) is 3.85. The molecule has 1 aliphatic rings. The molecule has 0 aromatic heterocycles. The topological polar surface area (TPSA) is 77.3 Å². The molecule has 1 fully saturated rings. The molecule has 1 rings (SSSR count). The van der Waals surface area contributed by atoms with Crippen molar-refractivity contribution in [3.8, 4) is 0 Å². The minimum Gasteiger partial charge on any atom is -0.300 e. The van der Waals surface area contributed by atoms with Crippen LogP contribution in [0, 0.1) is 10.1 Å². The Morgan fingerprint density at radius 3 is 2.14 bits per heavy atom. The Morgan fingerprint density at radius 1 is 1.10 bits per heavy atom. The van der Waals surface area contributed by atoms with Crippen LogP contribution >= 0.6 is 0 Å². The Hall–Kier alpha value is -1.26. The highest BCUT2D eigenvalue weighted by Crippen LogP contribution is 2.29. The van der Waals surface area contributed by atoms with Crippen LogP contribution in [0.3, 0.4) is 0 Å². The summed E-state index contributed by atoms with van der Waals surface area (Å²) in [5.41, 5.74) is -1.52. The zero-order chi connectivity index (χ0) is 15.7. The predicted molar refractivity (Wildman–Crippen MR) is 80.8 cm³/mol. The molecule has 0 radical (unpaired) electrons. The lowest BCUT2D eigenvalue weighted by molar-refractivity contribution is -0.554. The number of carbonyl (C=O) groups is 2. The molecule has 1 saturated carbocycles. The number of carbonyl (C=O) groups excluding carboxylic acids is 2. The van der Waals surface area contributed by atoms with Crippen molar-refractivity contribution in [3.05, 3.63) is 10.1 Å². The van der Waals surface area contributed by atoms with E-state index in [1.165, 1.54) is 19.8 Å². The summed E-state index contributed by atoms with van der Waals surface area (Å²) in [6, 6.07) is 0. The van der Waals surface area contributed by atoms with E-state index >= 15 is 0 Å². The number of nitrogens with zero attached hydrogens (tertiary/aromatic N) is 1. The van der Waals surface area contributed by atoms with E-state index in [4.69, 9.17) is 0 Å². The number of rotatable bonds is 4. The van der Waals surface area contributed by atoms with E-state index in [1.807, 2.05) is 0 Å². The average Bonchev–Trinajstić information content (AvgIpc) is 2.41. The highest BCUT2D eigenvalue weighted by Gasteiger charge is 2.48. The molecule has 5 nitrogen and oxygen atoms in total. The highest BCUT2D eigenvalue weighted by atomic mass is 16.6. The van der Waals surface area contributed by atoms with E-state index in [9.17, 15) is 19.7 Å². The first-order chi connectivity index (χ1) is 9.99. The molecule has 0 aromatic carbocycles. The quantitative estimate of drug-likeness (QED) is 0.583. The first kappa shape index (κ1) is 17.8. The van der Waals surface area contributed by atoms with Crippen molar-refractivity contribution >= 4 is 11.6 Å². The van der Waals surface area contributed by atoms with Gasteiger partial charge in [0.2, 0.25) is 5.78 Å². The van der Waals surface area contributed by atoms with Crippen LogP contribution in [0.2, 0.25) is 0 Å². The van der Waals surface area contributed by atoms with Gasteiger partial charge in [-0.15, -0.1) is 0 Å². The maximum absolute atomic E-state index is 12.5. The Morgan fingerprint density at radius 2 is 1.62 bits per heavy atom. The Kier molecular flexibility index (Phi) is 7.54. The van der Waals surface area contributed by atoms with Crippen molar-refractivity contribution in [2.45, 2.75) is 89.5 Å². The Balaban J connectivity index is 2.85. The van der Waals surface area contributed by atoms with Crippen LogP contribution < -0.4 is 0 Å². The van der Waals surface area contributed by atoms with Crippen molar-refractivity contribution in [2.24, 2.45) is 0 Å². The molecule has 5 heteroatoms. The summed E-state index contributed by atoms with van der Waals surface area (Å²) in [7, 11) is 0. The van der Waals surface area contributed by atoms with Gasteiger partial charge in [0.1, 0.15) is 5.78 Å². The third kappa shape index (κ3) is 5.56. The largest absolute Gasteiger partial charge is 0.300 e. The molecule has 120 valence electrons. The van der Waals surface area contributed by atoms with Crippen LogP contribution in [-0.4, -0.2) is 22.0 Å². The standard InChI is InChI=1S/C16H27NO4/c1-14(18)11-13-16(17(20)21)12-9-7-5-3-2-4-6-8-10-15(16)19/h2-13H2,1H3. The molecule has 1 atom stereocenters. The fourth-order valence-corrected chi connectivity index (χ4v) is 3.07. The lowest BCUT2D eigenvalue weighted by Gasteiger charge is -2.24. The minimum atomic E-state index is -1.52. The summed E-state index contributed by atoms with van der Waals surface area (Å²) < 4.78 is 0. The average molecular weight is 297 g/mol. The van der Waals surface area contributed by atoms with Gasteiger partial charge in [-0.25, -0.2) is 0 Å². The van der Waals surface area contributed by atoms with Gasteiger partial charge in [-0.05, 0) is 19.8 Å². The number of hydrogen-bond donors (Lipinski definition) is 0. The summed E-state index contributed by atoms with van der Waals surface area (Å²) in [6.45, 7) is 1.42. The van der Waals surface area contributed by atoms with Crippen LogP contribution in [0.25, 0.3) is 0 Å². The van der Waals surface area contributed by atoms with Crippen molar-refractivity contribution in [2.75, 3.05) is 0 Å². The second-order valence-corrected chi connectivity index (χ2v) is 6.24. The minimum absolute atomic E-state index is 0.0637. The summed E-state index contributed by atoms with van der Waals surface area (Å²) in [5.74, 6) is -0.357. The first-order valence-electron chi connectivity index (χ1n) is 8.16. The van der Waals surface area contributed by atoms with Gasteiger partial charge in [-0.1, -0.05) is 38.5 Å². The molecular weight excluding hydrogens is 270 g/mol. The smallest absolute Gasteiger partial charge is 0.279 e. The molecule has 1 aliphatic carbocycles. The molecule has 0 amide bonds. The van der Waals surface area contributed by atoms with Gasteiger partial charge in [-0.3, -0.25) is 14.9 Å². The van der Waals surface area contributed by atoms with E-state index in [0.717, 1.165) is 32.1 Å². The summed E-state index contributed by atoms with van der Waals surface area (Å²) in [4.78, 5) is 34.8. The number of nitro groups is 1. The Bertz CT molecular complexity index is 380. The van der Waals surface area contributed by atoms with Gasteiger partial charge in [0.25, 0.3) is 5.54 Å². The van der Waals surface area contributed by atoms with E-state index < -0.39 is 10.5 Å². The van der Waals surface area contributed by atoms with Gasteiger partial charge >= 0.3 is 0 Å². The summed E-state index contributed by atoms with van der Waals surface area (Å²) in [6.07, 6.45) is 8.62. The SMILES string of the molecule is CC(=O)CCC1([N+](=O)[O-])CCCCCCCCCCC1=O. The molecule has 21 heavy (non-hydrogen) atoms. The van der Waals surface area contributed by atoms with Crippen LogP contribution in [0.4, 0.5) is 0 Å². The number of ketones is 2. The van der Waals surface area contributed by atoms with Gasteiger partial charge in [0, 0.05) is 30.6 Å². The van der Waals surface area contributed by atoms with E-state index in [1.54, 1.807) is 0 Å². The first-order valence-corrected chi connectivity index (χ1v) is 8.16. The fourth-order valence-electron chi connectivity index (χ4n) is 3.07. The van der Waals surface area contributed by atoms with E-state index in [2.05, 4.69) is 0 Å². The molecule has 0 bridgehead atoms. The van der Waals surface area contributed by atoms with Crippen molar-refractivity contribution < 1.29 is 14.5 Å². The third-order valence-electron chi connectivity index (χ3n) is 4.50. The lowest BCUT2D eigenvalue weighted by atomic mass is 9.81. The summed E-state index contributed by atoms with van der Waals surface area (Å²) in [5, 5.41) is 11.6. The molecule has 0 aliphatic heterocycles. The van der Waals surface area contributed by atoms with Crippen molar-refractivity contribution in [1.29, 1.82) is 0 Å². The van der Waals surface area contributed by atoms with Crippen LogP contribution in [0.15, 0.2) is 0 Å². The van der Waals surface area contributed by atoms with E-state index in [-0.39, 0.29) is 37.2 Å². The molecular formula is C16H27NO4. The van der Waals surface area contributed by atoms with Crippen molar-refractivity contribution in [1.82, 2.24) is 0 Å². The highest BCUT2D eigenvalue weighted by molar-refractivity contribution is 5.87. The lowest BCUT2D eigenvalue weighted by Crippen LogP contribution is -2.46. The zero-order valence-electron chi connectivity index (χ0n) is 13.1. The summed E-state index contributed by atoms with van der Waals surface area (Å²) >= 11 is 0. The molecule has 0 saturated heterocycles. The normalized spacial score (nSPS) is 25.7. The van der Waals surface area contributed by atoms with E-state index in [0.29, 0.717) is 6.42 Å². The second kappa shape index (κ2) is 8.90. The van der Waals surface area contributed by atoms with Gasteiger partial charge in [-0.2, -0.15) is 0 Å². The maximum Gasteiger partial charge on any atom is 0.279 e. The molecule has 0 N–H and O–H groups in total. The molecule has 0 spiro atoms. The van der Waals surface area contributed by atoms with Gasteiger partial charge in [0.05, 0.1) is 0 Å². The third-order valence-corrected chi connectivity index (χ3v) is 4.50. The monoisotopic (exact) mass is 297 g/mol. The van der Waals surface area contributed by atoms with Gasteiger partial charge in [0.15, 0.2) is 0 Å². The molecule has 0 aromatic rings. The molecule has 0 heterocycles. The van der Waals surface area contributed by atoms with Crippen molar-refractivity contribution in [3.63, 3.8) is 0 Å². The number of Topliss-reactive ketones (excluding diaryl/α,β-unsaturated/α-hetero) is 2.